The first-order valence-electron chi connectivity index (χ1n) is 9.73. The molecule has 4 rings (SSSR count). The van der Waals surface area contributed by atoms with Gasteiger partial charge in [0.2, 0.25) is 10.0 Å². The standard InChI is InChI=1S/C20H21ClN4O5S2/c1-23(2)32(29,30)18-13-14(7-8-16(18)21)20(26)25-11-9-24(10-12-25)19-15-5-3-4-6-17(15)31(27,28)22-19/h3-8,13H,9-12H2,1-2H3. The van der Waals surface area contributed by atoms with Crippen molar-refractivity contribution in [2.75, 3.05) is 40.3 Å². The average Bonchev–Trinajstić information content (AvgIpc) is 3.04. The average molecular weight is 497 g/mol. The molecule has 170 valence electrons. The first-order chi connectivity index (χ1) is 15.0. The van der Waals surface area contributed by atoms with E-state index in [-0.39, 0.29) is 26.3 Å². The van der Waals surface area contributed by atoms with Crippen molar-refractivity contribution < 1.29 is 21.6 Å². The number of nitrogens with zero attached hydrogens (tertiary/aromatic N) is 4. The van der Waals surface area contributed by atoms with Crippen LogP contribution in [-0.2, 0) is 20.0 Å². The van der Waals surface area contributed by atoms with Crippen molar-refractivity contribution in [1.82, 2.24) is 14.1 Å². The van der Waals surface area contributed by atoms with E-state index in [1.165, 1.54) is 38.4 Å². The number of halogens is 1. The minimum absolute atomic E-state index is 0.0409. The lowest BCUT2D eigenvalue weighted by atomic mass is 10.1. The topological polar surface area (TPSA) is 107 Å². The highest BCUT2D eigenvalue weighted by Crippen LogP contribution is 2.29. The fourth-order valence-corrected chi connectivity index (χ4v) is 6.27. The van der Waals surface area contributed by atoms with E-state index in [0.717, 1.165) is 4.31 Å². The lowest BCUT2D eigenvalue weighted by Crippen LogP contribution is -2.50. The summed E-state index contributed by atoms with van der Waals surface area (Å²) in [5, 5.41) is 0.0409. The quantitative estimate of drug-likeness (QED) is 0.637. The molecule has 1 amide bonds. The Kier molecular flexibility index (Phi) is 5.78. The minimum atomic E-state index is -3.80. The van der Waals surface area contributed by atoms with Gasteiger partial charge in [-0.3, -0.25) is 4.79 Å². The second-order valence-electron chi connectivity index (χ2n) is 7.60. The third-order valence-electron chi connectivity index (χ3n) is 5.42. The summed E-state index contributed by atoms with van der Waals surface area (Å²) < 4.78 is 54.6. The molecule has 2 aliphatic rings. The van der Waals surface area contributed by atoms with Crippen LogP contribution in [0.25, 0.3) is 0 Å². The number of benzene rings is 2. The normalized spacial score (nSPS) is 17.9. The summed E-state index contributed by atoms with van der Waals surface area (Å²) in [4.78, 5) is 16.5. The second kappa shape index (κ2) is 8.14. The maximum atomic E-state index is 13.0. The molecule has 0 bridgehead atoms. The zero-order valence-electron chi connectivity index (χ0n) is 17.4. The fraction of sp³-hybridized carbons (Fsp3) is 0.300. The number of carbonyl (C=O) groups excluding carboxylic acids is 1. The van der Waals surface area contributed by atoms with E-state index >= 15 is 0 Å². The van der Waals surface area contributed by atoms with Gasteiger partial charge in [0.15, 0.2) is 5.84 Å². The Morgan fingerprint density at radius 2 is 1.72 bits per heavy atom. The van der Waals surface area contributed by atoms with Crippen molar-refractivity contribution in [3.63, 3.8) is 0 Å². The molecule has 0 aliphatic carbocycles. The van der Waals surface area contributed by atoms with Crippen LogP contribution in [0.4, 0.5) is 0 Å². The molecule has 0 aromatic heterocycles. The van der Waals surface area contributed by atoms with Gasteiger partial charge in [-0.1, -0.05) is 23.7 Å². The zero-order chi connectivity index (χ0) is 23.3. The summed E-state index contributed by atoms with van der Waals surface area (Å²) in [6, 6.07) is 10.8. The molecule has 2 aromatic rings. The predicted octanol–water partition coefficient (Wildman–Crippen LogP) is 1.50. The van der Waals surface area contributed by atoms with E-state index < -0.39 is 20.0 Å². The number of amides is 1. The lowest BCUT2D eigenvalue weighted by molar-refractivity contribution is 0.0692. The van der Waals surface area contributed by atoms with Gasteiger partial charge >= 0.3 is 0 Å². The van der Waals surface area contributed by atoms with Crippen molar-refractivity contribution in [3.8, 4) is 0 Å². The van der Waals surface area contributed by atoms with E-state index in [2.05, 4.69) is 4.40 Å². The molecule has 2 aliphatic heterocycles. The summed E-state index contributed by atoms with van der Waals surface area (Å²) in [7, 11) is -4.73. The van der Waals surface area contributed by atoms with Gasteiger partial charge in [0.1, 0.15) is 9.79 Å². The molecule has 0 spiro atoms. The SMILES string of the molecule is CN(C)S(=O)(=O)c1cc(C(=O)N2CCN(C3=NS(=O)(=O)c4ccccc43)CC2)ccc1Cl. The van der Waals surface area contributed by atoms with E-state index in [1.807, 2.05) is 4.90 Å². The second-order valence-corrected chi connectivity index (χ2v) is 11.7. The van der Waals surface area contributed by atoms with Gasteiger partial charge in [-0.2, -0.15) is 8.42 Å². The van der Waals surface area contributed by atoms with E-state index in [4.69, 9.17) is 11.6 Å². The molecule has 12 heteroatoms. The molecule has 0 saturated carbocycles. The van der Waals surface area contributed by atoms with Crippen LogP contribution in [0, 0.1) is 0 Å². The summed E-state index contributed by atoms with van der Waals surface area (Å²) in [6.45, 7) is 1.45. The monoisotopic (exact) mass is 496 g/mol. The molecular weight excluding hydrogens is 476 g/mol. The van der Waals surface area contributed by atoms with Crippen LogP contribution in [0.1, 0.15) is 15.9 Å². The molecular formula is C20H21ClN4O5S2. The van der Waals surface area contributed by atoms with Crippen molar-refractivity contribution in [2.24, 2.45) is 4.40 Å². The van der Waals surface area contributed by atoms with Gasteiger partial charge in [0.05, 0.1) is 5.02 Å². The number of hydrogen-bond donors (Lipinski definition) is 0. The van der Waals surface area contributed by atoms with Crippen molar-refractivity contribution in [2.45, 2.75) is 9.79 Å². The Morgan fingerprint density at radius 3 is 2.38 bits per heavy atom. The van der Waals surface area contributed by atoms with Gasteiger partial charge in [0, 0.05) is 51.4 Å². The van der Waals surface area contributed by atoms with E-state index in [9.17, 15) is 21.6 Å². The Labute approximate surface area is 192 Å². The van der Waals surface area contributed by atoms with Crippen LogP contribution in [0.3, 0.4) is 0 Å². The molecule has 0 unspecified atom stereocenters. The molecule has 2 heterocycles. The third kappa shape index (κ3) is 3.90. The smallest absolute Gasteiger partial charge is 0.285 e. The molecule has 0 radical (unpaired) electrons. The maximum Gasteiger partial charge on any atom is 0.285 e. The van der Waals surface area contributed by atoms with Crippen molar-refractivity contribution in [3.05, 3.63) is 58.6 Å². The number of fused-ring (bicyclic) bond motifs is 1. The largest absolute Gasteiger partial charge is 0.352 e. The highest BCUT2D eigenvalue weighted by molar-refractivity contribution is 7.90. The van der Waals surface area contributed by atoms with Gasteiger partial charge in [-0.25, -0.2) is 12.7 Å². The minimum Gasteiger partial charge on any atom is -0.352 e. The molecule has 1 saturated heterocycles. The first kappa shape index (κ1) is 22.7. The predicted molar refractivity (Wildman–Crippen MR) is 120 cm³/mol. The highest BCUT2D eigenvalue weighted by atomic mass is 35.5. The number of carbonyl (C=O) groups is 1. The zero-order valence-corrected chi connectivity index (χ0v) is 19.8. The van der Waals surface area contributed by atoms with Crippen LogP contribution in [-0.4, -0.2) is 83.0 Å². The van der Waals surface area contributed by atoms with Crippen LogP contribution >= 0.6 is 11.6 Å². The maximum absolute atomic E-state index is 13.0. The van der Waals surface area contributed by atoms with E-state index in [0.29, 0.717) is 37.6 Å². The summed E-state index contributed by atoms with van der Waals surface area (Å²) in [6.07, 6.45) is 0. The van der Waals surface area contributed by atoms with Crippen LogP contribution in [0.5, 0.6) is 0 Å². The van der Waals surface area contributed by atoms with E-state index in [1.54, 1.807) is 23.1 Å². The molecule has 0 N–H and O–H groups in total. The Bertz CT molecular complexity index is 1330. The third-order valence-corrected chi connectivity index (χ3v) is 9.04. The van der Waals surface area contributed by atoms with Crippen LogP contribution in [0.2, 0.25) is 5.02 Å². The Balaban J connectivity index is 1.52. The Morgan fingerprint density at radius 1 is 1.06 bits per heavy atom. The summed E-state index contributed by atoms with van der Waals surface area (Å²) in [5.41, 5.74) is 0.776. The fourth-order valence-electron chi connectivity index (χ4n) is 3.65. The number of sulfonamides is 2. The number of piperazine rings is 1. The molecule has 0 atom stereocenters. The van der Waals surface area contributed by atoms with Gasteiger partial charge < -0.3 is 9.80 Å². The van der Waals surface area contributed by atoms with Gasteiger partial charge in [-0.15, -0.1) is 4.40 Å². The molecule has 32 heavy (non-hydrogen) atoms. The van der Waals surface area contributed by atoms with Crippen molar-refractivity contribution in [1.29, 1.82) is 0 Å². The van der Waals surface area contributed by atoms with Gasteiger partial charge in [-0.05, 0) is 30.3 Å². The molecule has 1 fully saturated rings. The number of hydrogen-bond acceptors (Lipinski definition) is 6. The Hall–Kier alpha value is -2.47. The number of rotatable bonds is 3. The van der Waals surface area contributed by atoms with Crippen molar-refractivity contribution >= 4 is 43.4 Å². The lowest BCUT2D eigenvalue weighted by Gasteiger charge is -2.36. The summed E-state index contributed by atoms with van der Waals surface area (Å²) in [5.74, 6) is 0.0662. The van der Waals surface area contributed by atoms with Crippen LogP contribution in [0.15, 0.2) is 56.7 Å². The summed E-state index contributed by atoms with van der Waals surface area (Å²) >= 11 is 6.07. The van der Waals surface area contributed by atoms with Crippen LogP contribution < -0.4 is 0 Å². The molecule has 9 nitrogen and oxygen atoms in total. The first-order valence-corrected chi connectivity index (χ1v) is 13.0. The number of amidine groups is 1. The molecule has 2 aromatic carbocycles. The van der Waals surface area contributed by atoms with Gasteiger partial charge in [0.25, 0.3) is 15.9 Å². The highest BCUT2D eigenvalue weighted by Gasteiger charge is 2.34.